The van der Waals surface area contributed by atoms with E-state index in [1.54, 1.807) is 13.0 Å². The van der Waals surface area contributed by atoms with Crippen LogP contribution in [0, 0.1) is 5.92 Å². The van der Waals surface area contributed by atoms with E-state index in [0.29, 0.717) is 4.31 Å². The predicted molar refractivity (Wildman–Crippen MR) is 106 cm³/mol. The first-order chi connectivity index (χ1) is 13.2. The second-order valence-electron chi connectivity index (χ2n) is 6.25. The maximum absolute atomic E-state index is 12.9. The van der Waals surface area contributed by atoms with Crippen LogP contribution < -0.4 is 13.8 Å². The van der Waals surface area contributed by atoms with Crippen LogP contribution in [-0.2, 0) is 31.4 Å². The molecule has 0 bridgehead atoms. The number of amides is 1. The molecule has 1 N–H and O–H groups in total. The van der Waals surface area contributed by atoms with Gasteiger partial charge >= 0.3 is 0 Å². The van der Waals surface area contributed by atoms with Gasteiger partial charge in [0.25, 0.3) is 0 Å². The number of ether oxygens (including phenoxy) is 1. The largest absolute Gasteiger partial charge is 0.492 e. The molecule has 0 saturated carbocycles. The molecule has 28 heavy (non-hydrogen) atoms. The number of benzene rings is 1. The third-order valence-corrected chi connectivity index (χ3v) is 8.30. The summed E-state index contributed by atoms with van der Waals surface area (Å²) in [5, 5.41) is 1.83. The zero-order valence-electron chi connectivity index (χ0n) is 15.3. The highest BCUT2D eigenvalue weighted by Gasteiger charge is 2.42. The summed E-state index contributed by atoms with van der Waals surface area (Å²) in [7, 11) is -7.85. The van der Waals surface area contributed by atoms with Crippen LogP contribution in [0.5, 0.6) is 5.75 Å². The summed E-state index contributed by atoms with van der Waals surface area (Å²) < 4.78 is 59.0. The lowest BCUT2D eigenvalue weighted by atomic mass is 10.2. The summed E-state index contributed by atoms with van der Waals surface area (Å²) in [5.74, 6) is -1.49. The molecule has 1 fully saturated rings. The van der Waals surface area contributed by atoms with Crippen molar-refractivity contribution >= 4 is 43.0 Å². The molecule has 11 heteroatoms. The first kappa shape index (κ1) is 20.8. The van der Waals surface area contributed by atoms with Crippen LogP contribution >= 0.6 is 11.3 Å². The van der Waals surface area contributed by atoms with Gasteiger partial charge in [-0.25, -0.2) is 25.9 Å². The van der Waals surface area contributed by atoms with Crippen molar-refractivity contribution < 1.29 is 26.4 Å². The molecule has 1 atom stereocenters. The van der Waals surface area contributed by atoms with Gasteiger partial charge in [0.1, 0.15) is 10.6 Å². The van der Waals surface area contributed by atoms with Gasteiger partial charge in [-0.15, -0.1) is 11.3 Å². The van der Waals surface area contributed by atoms with Gasteiger partial charge in [0, 0.05) is 11.4 Å². The van der Waals surface area contributed by atoms with Crippen molar-refractivity contribution in [1.82, 2.24) is 4.72 Å². The number of carbonyl (C=O) groups is 1. The SMILES string of the molecule is CCOc1ccc(N2C(=O)C(C)CS2(=O)=O)cc1S(=O)(=O)NCc1cccs1. The molecule has 1 saturated heterocycles. The molecular formula is C17H20N2O6S3. The van der Waals surface area contributed by atoms with Gasteiger partial charge in [-0.3, -0.25) is 4.79 Å². The van der Waals surface area contributed by atoms with Crippen molar-refractivity contribution in [3.05, 3.63) is 40.6 Å². The van der Waals surface area contributed by atoms with E-state index in [1.807, 2.05) is 11.4 Å². The van der Waals surface area contributed by atoms with Gasteiger partial charge in [-0.2, -0.15) is 0 Å². The Morgan fingerprint density at radius 2 is 2.07 bits per heavy atom. The summed E-state index contributed by atoms with van der Waals surface area (Å²) in [6, 6.07) is 7.51. The van der Waals surface area contributed by atoms with Gasteiger partial charge in [-0.05, 0) is 36.6 Å². The maximum Gasteiger partial charge on any atom is 0.244 e. The van der Waals surface area contributed by atoms with Crippen molar-refractivity contribution in [3.8, 4) is 5.75 Å². The van der Waals surface area contributed by atoms with Crippen molar-refractivity contribution in [3.63, 3.8) is 0 Å². The number of hydrogen-bond acceptors (Lipinski definition) is 7. The van der Waals surface area contributed by atoms with E-state index in [2.05, 4.69) is 4.72 Å². The molecule has 1 aliphatic heterocycles. The van der Waals surface area contributed by atoms with Crippen LogP contribution in [0.2, 0.25) is 0 Å². The zero-order valence-corrected chi connectivity index (χ0v) is 17.7. The lowest BCUT2D eigenvalue weighted by molar-refractivity contribution is -0.119. The molecule has 1 aliphatic rings. The topological polar surface area (TPSA) is 110 Å². The van der Waals surface area contributed by atoms with Gasteiger partial charge in [0.15, 0.2) is 0 Å². The first-order valence-electron chi connectivity index (χ1n) is 8.51. The number of sulfonamides is 2. The molecule has 2 heterocycles. The number of thiophene rings is 1. The van der Waals surface area contributed by atoms with E-state index in [1.165, 1.54) is 30.4 Å². The Morgan fingerprint density at radius 1 is 1.32 bits per heavy atom. The molecule has 0 aliphatic carbocycles. The Bertz CT molecular complexity index is 1080. The molecule has 2 aromatic rings. The highest BCUT2D eigenvalue weighted by Crippen LogP contribution is 2.34. The summed E-state index contributed by atoms with van der Waals surface area (Å²) in [6.07, 6.45) is 0. The van der Waals surface area contributed by atoms with Crippen LogP contribution in [0.15, 0.2) is 40.6 Å². The lowest BCUT2D eigenvalue weighted by Gasteiger charge is -2.18. The van der Waals surface area contributed by atoms with Crippen molar-refractivity contribution in [2.24, 2.45) is 5.92 Å². The number of nitrogens with one attached hydrogen (secondary N) is 1. The van der Waals surface area contributed by atoms with Crippen LogP contribution in [-0.4, -0.2) is 35.1 Å². The van der Waals surface area contributed by atoms with Gasteiger partial charge < -0.3 is 4.74 Å². The monoisotopic (exact) mass is 444 g/mol. The van der Waals surface area contributed by atoms with Gasteiger partial charge in [-0.1, -0.05) is 13.0 Å². The lowest BCUT2D eigenvalue weighted by Crippen LogP contribution is -2.31. The number of rotatable bonds is 7. The number of anilines is 1. The smallest absolute Gasteiger partial charge is 0.244 e. The molecule has 1 aromatic carbocycles. The minimum Gasteiger partial charge on any atom is -0.492 e. The van der Waals surface area contributed by atoms with E-state index in [4.69, 9.17) is 4.74 Å². The van der Waals surface area contributed by atoms with E-state index in [0.717, 1.165) is 10.9 Å². The maximum atomic E-state index is 12.9. The van der Waals surface area contributed by atoms with Crippen molar-refractivity contribution in [2.45, 2.75) is 25.3 Å². The molecule has 0 spiro atoms. The fraction of sp³-hybridized carbons (Fsp3) is 0.353. The van der Waals surface area contributed by atoms with E-state index < -0.39 is 31.9 Å². The highest BCUT2D eigenvalue weighted by molar-refractivity contribution is 7.94. The van der Waals surface area contributed by atoms with E-state index >= 15 is 0 Å². The minimum atomic E-state index is -4.01. The Morgan fingerprint density at radius 3 is 2.64 bits per heavy atom. The highest BCUT2D eigenvalue weighted by atomic mass is 32.2. The van der Waals surface area contributed by atoms with E-state index in [-0.39, 0.29) is 35.2 Å². The van der Waals surface area contributed by atoms with Crippen LogP contribution in [0.4, 0.5) is 5.69 Å². The summed E-state index contributed by atoms with van der Waals surface area (Å²) in [6.45, 7) is 3.55. The summed E-state index contributed by atoms with van der Waals surface area (Å²) in [4.78, 5) is 12.9. The molecule has 0 radical (unpaired) electrons. The Kier molecular flexibility index (Phi) is 5.80. The number of carbonyl (C=O) groups excluding carboxylic acids is 1. The second kappa shape index (κ2) is 7.82. The third kappa shape index (κ3) is 4.07. The van der Waals surface area contributed by atoms with Crippen molar-refractivity contribution in [2.75, 3.05) is 16.7 Å². The fourth-order valence-electron chi connectivity index (χ4n) is 2.85. The molecule has 1 aromatic heterocycles. The standard InChI is InChI=1S/C17H20N2O6S3/c1-3-25-15-7-6-13(19-17(20)12(2)11-27(19,21)22)9-16(15)28(23,24)18-10-14-5-4-8-26-14/h4-9,12,18H,3,10-11H2,1-2H3. The molecule has 152 valence electrons. The zero-order chi connectivity index (χ0) is 20.5. The van der Waals surface area contributed by atoms with Crippen LogP contribution in [0.3, 0.4) is 0 Å². The second-order valence-corrected chi connectivity index (χ2v) is 10.9. The van der Waals surface area contributed by atoms with Crippen LogP contribution in [0.1, 0.15) is 18.7 Å². The minimum absolute atomic E-state index is 0.0192. The van der Waals surface area contributed by atoms with Crippen molar-refractivity contribution in [1.29, 1.82) is 0 Å². The Hall–Kier alpha value is -1.95. The number of nitrogens with zero attached hydrogens (tertiary/aromatic N) is 1. The fourth-order valence-corrected chi connectivity index (χ4v) is 6.57. The average molecular weight is 445 g/mol. The normalized spacial score (nSPS) is 19.1. The number of hydrogen-bond donors (Lipinski definition) is 1. The quantitative estimate of drug-likeness (QED) is 0.699. The summed E-state index contributed by atoms with van der Waals surface area (Å²) in [5.41, 5.74) is -0.0192. The third-order valence-electron chi connectivity index (χ3n) is 4.13. The molecule has 1 unspecified atom stereocenters. The Labute approximate surface area is 168 Å². The average Bonchev–Trinajstić information content (AvgIpc) is 3.20. The Balaban J connectivity index is 2.01. The van der Waals surface area contributed by atoms with Gasteiger partial charge in [0.05, 0.1) is 24.0 Å². The molecule has 3 rings (SSSR count). The molecule has 8 nitrogen and oxygen atoms in total. The first-order valence-corrected chi connectivity index (χ1v) is 12.5. The van der Waals surface area contributed by atoms with E-state index in [9.17, 15) is 21.6 Å². The molecular weight excluding hydrogens is 424 g/mol. The predicted octanol–water partition coefficient (Wildman–Crippen LogP) is 1.94. The van der Waals surface area contributed by atoms with Gasteiger partial charge in [0.2, 0.25) is 26.0 Å². The summed E-state index contributed by atoms with van der Waals surface area (Å²) >= 11 is 1.41. The van der Waals surface area contributed by atoms with Crippen LogP contribution in [0.25, 0.3) is 0 Å². The molecule has 1 amide bonds.